The largest absolute Gasteiger partial charge is 0.353 e. The number of piperidine rings is 1. The molecule has 144 valence electrons. The van der Waals surface area contributed by atoms with Gasteiger partial charge in [-0.3, -0.25) is 14.9 Å². The molecule has 2 aromatic rings. The second-order valence-electron chi connectivity index (χ2n) is 5.90. The van der Waals surface area contributed by atoms with Crippen molar-refractivity contribution in [3.05, 3.63) is 33.5 Å². The summed E-state index contributed by atoms with van der Waals surface area (Å²) in [5.74, 6) is 0.243. The Balaban J connectivity index is 0.00000169. The molecule has 2 atom stereocenters. The van der Waals surface area contributed by atoms with Crippen LogP contribution in [0.3, 0.4) is 0 Å². The van der Waals surface area contributed by atoms with Crippen molar-refractivity contribution in [2.45, 2.75) is 25.8 Å². The monoisotopic (exact) mass is 436 g/mol. The van der Waals surface area contributed by atoms with E-state index in [1.807, 2.05) is 16.8 Å². The van der Waals surface area contributed by atoms with Gasteiger partial charge < -0.3 is 10.6 Å². The molecule has 1 aliphatic rings. The zero-order valence-corrected chi connectivity index (χ0v) is 17.5. The summed E-state index contributed by atoms with van der Waals surface area (Å²) >= 11 is 2.72. The molecule has 26 heavy (non-hydrogen) atoms. The van der Waals surface area contributed by atoms with Crippen LogP contribution in [-0.4, -0.2) is 35.9 Å². The van der Waals surface area contributed by atoms with Gasteiger partial charge >= 0.3 is 0 Å². The molecule has 0 aliphatic carbocycles. The topological polar surface area (TPSA) is 83.1 Å². The van der Waals surface area contributed by atoms with E-state index >= 15 is 0 Å². The van der Waals surface area contributed by atoms with Crippen molar-refractivity contribution in [1.82, 2.24) is 15.6 Å². The normalized spacial score (nSPS) is 19.0. The predicted molar refractivity (Wildman–Crippen MR) is 111 cm³/mol. The molecule has 1 saturated heterocycles. The fourth-order valence-electron chi connectivity index (χ4n) is 2.66. The van der Waals surface area contributed by atoms with Crippen molar-refractivity contribution in [3.8, 4) is 0 Å². The van der Waals surface area contributed by atoms with Crippen LogP contribution in [0.15, 0.2) is 22.9 Å². The van der Waals surface area contributed by atoms with E-state index in [9.17, 15) is 9.59 Å². The molecule has 6 nitrogen and oxygen atoms in total. The van der Waals surface area contributed by atoms with Gasteiger partial charge in [0.15, 0.2) is 5.13 Å². The molecule has 3 heterocycles. The quantitative estimate of drug-likeness (QED) is 0.672. The first-order valence-electron chi connectivity index (χ1n) is 7.91. The maximum Gasteiger partial charge on any atom is 0.267 e. The van der Waals surface area contributed by atoms with Gasteiger partial charge in [0.05, 0.1) is 17.0 Å². The number of amides is 2. The van der Waals surface area contributed by atoms with E-state index < -0.39 is 0 Å². The molecule has 3 rings (SSSR count). The van der Waals surface area contributed by atoms with Crippen LogP contribution in [-0.2, 0) is 11.2 Å². The standard InChI is InChI=1S/C16H20N4O2S2.2ClH/c1-10-8-17-5-4-12(10)19-14(21)7-11-9-24-16(18-11)20-15(22)13-3-2-6-23-13;;/h2-3,6,9-10,12,17H,4-5,7-8H2,1H3,(H,19,21)(H,18,20,22);2*1H. The SMILES string of the molecule is CC1CNCCC1NC(=O)Cc1csc(NC(=O)c2cccs2)n1.Cl.Cl. The van der Waals surface area contributed by atoms with Crippen LogP contribution in [0.4, 0.5) is 5.13 Å². The predicted octanol–water partition coefficient (Wildman–Crippen LogP) is 2.96. The highest BCUT2D eigenvalue weighted by Crippen LogP contribution is 2.18. The number of nitrogens with zero attached hydrogens (tertiary/aromatic N) is 1. The van der Waals surface area contributed by atoms with Gasteiger partial charge in [0, 0.05) is 11.4 Å². The number of nitrogens with one attached hydrogen (secondary N) is 3. The Morgan fingerprint density at radius 2 is 2.15 bits per heavy atom. The number of thiazole rings is 1. The average Bonchev–Trinajstić information content (AvgIpc) is 3.21. The van der Waals surface area contributed by atoms with Gasteiger partial charge in [-0.05, 0) is 36.9 Å². The lowest BCUT2D eigenvalue weighted by Crippen LogP contribution is -2.48. The summed E-state index contributed by atoms with van der Waals surface area (Å²) in [7, 11) is 0. The number of halogens is 2. The van der Waals surface area contributed by atoms with Crippen molar-refractivity contribution >= 4 is 64.4 Å². The molecule has 2 aromatic heterocycles. The smallest absolute Gasteiger partial charge is 0.267 e. The van der Waals surface area contributed by atoms with Crippen molar-refractivity contribution in [2.75, 3.05) is 18.4 Å². The highest BCUT2D eigenvalue weighted by molar-refractivity contribution is 7.14. The molecule has 3 N–H and O–H groups in total. The lowest BCUT2D eigenvalue weighted by Gasteiger charge is -2.30. The number of rotatable bonds is 5. The maximum absolute atomic E-state index is 12.2. The van der Waals surface area contributed by atoms with Crippen LogP contribution in [0, 0.1) is 5.92 Å². The van der Waals surface area contributed by atoms with Gasteiger partial charge in [0.1, 0.15) is 0 Å². The summed E-state index contributed by atoms with van der Waals surface area (Å²) in [4.78, 5) is 29.2. The molecule has 2 amide bonds. The highest BCUT2D eigenvalue weighted by atomic mass is 35.5. The summed E-state index contributed by atoms with van der Waals surface area (Å²) < 4.78 is 0. The number of carbonyl (C=O) groups excluding carboxylic acids is 2. The van der Waals surface area contributed by atoms with Gasteiger partial charge in [-0.15, -0.1) is 47.5 Å². The third kappa shape index (κ3) is 6.21. The fourth-order valence-corrected chi connectivity index (χ4v) is 3.99. The van der Waals surface area contributed by atoms with Crippen molar-refractivity contribution in [3.63, 3.8) is 0 Å². The lowest BCUT2D eigenvalue weighted by molar-refractivity contribution is -0.121. The van der Waals surface area contributed by atoms with E-state index in [0.717, 1.165) is 19.5 Å². The van der Waals surface area contributed by atoms with Gasteiger partial charge in [-0.2, -0.15) is 0 Å². The van der Waals surface area contributed by atoms with E-state index in [1.54, 1.807) is 6.07 Å². The Morgan fingerprint density at radius 3 is 2.85 bits per heavy atom. The first-order chi connectivity index (χ1) is 11.6. The lowest BCUT2D eigenvalue weighted by atomic mass is 9.95. The highest BCUT2D eigenvalue weighted by Gasteiger charge is 2.22. The number of hydrogen-bond acceptors (Lipinski definition) is 6. The van der Waals surface area contributed by atoms with E-state index in [1.165, 1.54) is 22.7 Å². The average molecular weight is 437 g/mol. The Kier molecular flexibility index (Phi) is 9.52. The number of hydrogen-bond donors (Lipinski definition) is 3. The molecule has 0 aromatic carbocycles. The van der Waals surface area contributed by atoms with E-state index in [4.69, 9.17) is 0 Å². The Morgan fingerprint density at radius 1 is 1.35 bits per heavy atom. The van der Waals surface area contributed by atoms with Crippen LogP contribution >= 0.6 is 47.5 Å². The number of aromatic nitrogens is 1. The van der Waals surface area contributed by atoms with Crippen molar-refractivity contribution in [2.24, 2.45) is 5.92 Å². The van der Waals surface area contributed by atoms with Gasteiger partial charge in [-0.1, -0.05) is 13.0 Å². The van der Waals surface area contributed by atoms with Crippen LogP contribution < -0.4 is 16.0 Å². The molecule has 2 unspecified atom stereocenters. The zero-order chi connectivity index (χ0) is 16.9. The number of carbonyl (C=O) groups is 2. The Labute approximate surface area is 173 Å². The van der Waals surface area contributed by atoms with Crippen LogP contribution in [0.5, 0.6) is 0 Å². The summed E-state index contributed by atoms with van der Waals surface area (Å²) in [6.07, 6.45) is 1.19. The molecular weight excluding hydrogens is 415 g/mol. The van der Waals surface area contributed by atoms with Crippen LogP contribution in [0.1, 0.15) is 28.7 Å². The Hall–Kier alpha value is -1.19. The summed E-state index contributed by atoms with van der Waals surface area (Å²) in [6.45, 7) is 4.00. The minimum absolute atomic E-state index is 0. The van der Waals surface area contributed by atoms with Crippen molar-refractivity contribution < 1.29 is 9.59 Å². The van der Waals surface area contributed by atoms with Crippen LogP contribution in [0.2, 0.25) is 0 Å². The molecular formula is C16H22Cl2N4O2S2. The number of thiophene rings is 1. The van der Waals surface area contributed by atoms with Gasteiger partial charge in [0.25, 0.3) is 5.91 Å². The Bertz CT molecular complexity index is 709. The summed E-state index contributed by atoms with van der Waals surface area (Å²) in [5, 5.41) is 13.4. The van der Waals surface area contributed by atoms with Gasteiger partial charge in [-0.25, -0.2) is 4.98 Å². The summed E-state index contributed by atoms with van der Waals surface area (Å²) in [5.41, 5.74) is 0.681. The first kappa shape index (κ1) is 22.9. The molecule has 0 saturated carbocycles. The minimum atomic E-state index is -0.168. The number of anilines is 1. The second-order valence-corrected chi connectivity index (χ2v) is 7.70. The molecule has 1 fully saturated rings. The van der Waals surface area contributed by atoms with Crippen LogP contribution in [0.25, 0.3) is 0 Å². The third-order valence-electron chi connectivity index (χ3n) is 3.99. The van der Waals surface area contributed by atoms with Gasteiger partial charge in [0.2, 0.25) is 5.91 Å². The second kappa shape index (κ2) is 10.8. The fraction of sp³-hybridized carbons (Fsp3) is 0.438. The van der Waals surface area contributed by atoms with Crippen molar-refractivity contribution in [1.29, 1.82) is 0 Å². The summed E-state index contributed by atoms with van der Waals surface area (Å²) in [6, 6.07) is 3.82. The minimum Gasteiger partial charge on any atom is -0.353 e. The zero-order valence-electron chi connectivity index (χ0n) is 14.2. The van der Waals surface area contributed by atoms with E-state index in [0.29, 0.717) is 21.6 Å². The molecule has 0 bridgehead atoms. The third-order valence-corrected chi connectivity index (χ3v) is 5.67. The maximum atomic E-state index is 12.2. The molecule has 0 spiro atoms. The molecule has 10 heteroatoms. The first-order valence-corrected chi connectivity index (χ1v) is 9.67. The molecule has 1 aliphatic heterocycles. The van der Waals surface area contributed by atoms with E-state index in [-0.39, 0.29) is 49.1 Å². The van der Waals surface area contributed by atoms with E-state index in [2.05, 4.69) is 27.9 Å². The molecule has 0 radical (unpaired) electrons.